The van der Waals surface area contributed by atoms with E-state index in [-0.39, 0.29) is 37.5 Å². The van der Waals surface area contributed by atoms with E-state index in [1.54, 1.807) is 17.0 Å². The highest BCUT2D eigenvalue weighted by atomic mass is 127. The van der Waals surface area contributed by atoms with Gasteiger partial charge in [0, 0.05) is 43.2 Å². The average molecular weight is 659 g/mol. The minimum Gasteiger partial charge on any atom is -0.493 e. The molecule has 1 aromatic carbocycles. The molecule has 0 aliphatic heterocycles. The smallest absolute Gasteiger partial charge is 0.247 e. The maximum atomic E-state index is 13.6. The van der Waals surface area contributed by atoms with E-state index >= 15 is 0 Å². The van der Waals surface area contributed by atoms with Crippen LogP contribution in [0.25, 0.3) is 0 Å². The highest BCUT2D eigenvalue weighted by Gasteiger charge is 2.42. The van der Waals surface area contributed by atoms with Gasteiger partial charge in [-0.25, -0.2) is 0 Å². The molecular formula is C28H39IN2O8. The first-order chi connectivity index (χ1) is 18.7. The van der Waals surface area contributed by atoms with Crippen LogP contribution in [0.4, 0.5) is 0 Å². The van der Waals surface area contributed by atoms with Gasteiger partial charge in [-0.3, -0.25) is 14.4 Å². The third kappa shape index (κ3) is 8.15. The quantitative estimate of drug-likeness (QED) is 0.158. The molecule has 3 rings (SSSR count). The van der Waals surface area contributed by atoms with E-state index in [0.29, 0.717) is 52.1 Å². The highest BCUT2D eigenvalue weighted by Crippen LogP contribution is 2.37. The Labute approximate surface area is 243 Å². The van der Waals surface area contributed by atoms with Crippen molar-refractivity contribution in [2.24, 2.45) is 5.92 Å². The molecule has 2 aliphatic carbocycles. The average Bonchev–Trinajstić information content (AvgIpc) is 2.88. The molecule has 0 unspecified atom stereocenters. The van der Waals surface area contributed by atoms with Crippen LogP contribution in [0.2, 0.25) is 0 Å². The lowest BCUT2D eigenvalue weighted by Gasteiger charge is -2.43. The molecule has 1 fully saturated rings. The molecule has 216 valence electrons. The predicted octanol–water partition coefficient (Wildman–Crippen LogP) is 2.47. The van der Waals surface area contributed by atoms with Crippen LogP contribution in [0.1, 0.15) is 56.3 Å². The summed E-state index contributed by atoms with van der Waals surface area (Å²) in [6.07, 6.45) is 3.53. The van der Waals surface area contributed by atoms with Gasteiger partial charge >= 0.3 is 0 Å². The first kappa shape index (κ1) is 31.3. The highest BCUT2D eigenvalue weighted by molar-refractivity contribution is 14.1. The van der Waals surface area contributed by atoms with Crippen LogP contribution in [-0.4, -0.2) is 91.0 Å². The Morgan fingerprint density at radius 2 is 2.03 bits per heavy atom. The normalized spacial score (nSPS) is 21.1. The van der Waals surface area contributed by atoms with Crippen LogP contribution in [0, 0.1) is 9.49 Å². The van der Waals surface area contributed by atoms with Crippen molar-refractivity contribution in [2.45, 2.75) is 70.3 Å². The lowest BCUT2D eigenvalue weighted by atomic mass is 9.82. The van der Waals surface area contributed by atoms with Crippen molar-refractivity contribution in [3.63, 3.8) is 0 Å². The molecule has 10 nitrogen and oxygen atoms in total. The van der Waals surface area contributed by atoms with Crippen molar-refractivity contribution in [1.29, 1.82) is 0 Å². The number of halogens is 1. The predicted molar refractivity (Wildman–Crippen MR) is 153 cm³/mol. The summed E-state index contributed by atoms with van der Waals surface area (Å²) >= 11 is 2.02. The summed E-state index contributed by atoms with van der Waals surface area (Å²) in [4.78, 5) is 39.6. The molecule has 0 heterocycles. The van der Waals surface area contributed by atoms with E-state index in [9.17, 15) is 24.6 Å². The van der Waals surface area contributed by atoms with E-state index in [1.807, 2.05) is 36.4 Å². The second-order valence-electron chi connectivity index (χ2n) is 10.1. The fourth-order valence-corrected chi connectivity index (χ4v) is 5.47. The molecule has 2 aliphatic rings. The third-order valence-electron chi connectivity index (χ3n) is 6.99. The molecule has 3 N–H and O–H groups in total. The number of aliphatic hydroxyl groups is 2. The number of carbonyl (C=O) groups excluding carboxylic acids is 3. The number of aldehydes is 1. The Bertz CT molecular complexity index is 1040. The number of amides is 2. The zero-order valence-electron chi connectivity index (χ0n) is 22.7. The molecule has 0 radical (unpaired) electrons. The molecule has 0 spiro atoms. The Morgan fingerprint density at radius 1 is 1.28 bits per heavy atom. The van der Waals surface area contributed by atoms with Crippen LogP contribution in [0.15, 0.2) is 23.8 Å². The summed E-state index contributed by atoms with van der Waals surface area (Å²) < 4.78 is 18.0. The van der Waals surface area contributed by atoms with Gasteiger partial charge in [0.05, 0.1) is 29.4 Å². The maximum Gasteiger partial charge on any atom is 0.247 e. The molecule has 0 aromatic heterocycles. The van der Waals surface area contributed by atoms with Crippen molar-refractivity contribution >= 4 is 40.7 Å². The number of methoxy groups -OCH3 is 1. The first-order valence-electron chi connectivity index (χ1n) is 13.4. The van der Waals surface area contributed by atoms with Gasteiger partial charge in [0.2, 0.25) is 11.8 Å². The SMILES string of the molecule is COc1cc(C=O)cc(I)c1O[C@H]1C=C(C(=O)NCCO)C[C@@H](N(CCCOC(C)C)C(=O)C2CCC2)[C@@H]1O. The minimum atomic E-state index is -1.14. The first-order valence-corrected chi connectivity index (χ1v) is 14.5. The van der Waals surface area contributed by atoms with Gasteiger partial charge in [-0.15, -0.1) is 0 Å². The second kappa shape index (κ2) is 15.0. The molecular weight excluding hydrogens is 619 g/mol. The molecule has 1 saturated carbocycles. The van der Waals surface area contributed by atoms with Crippen molar-refractivity contribution in [3.05, 3.63) is 32.9 Å². The molecule has 11 heteroatoms. The van der Waals surface area contributed by atoms with Gasteiger partial charge in [-0.1, -0.05) is 6.42 Å². The number of nitrogens with one attached hydrogen (secondary N) is 1. The van der Waals surface area contributed by atoms with Crippen LogP contribution >= 0.6 is 22.6 Å². The fourth-order valence-electron chi connectivity index (χ4n) is 4.72. The van der Waals surface area contributed by atoms with Gasteiger partial charge in [-0.05, 0) is 73.9 Å². The summed E-state index contributed by atoms with van der Waals surface area (Å²) in [5.41, 5.74) is 0.762. The van der Waals surface area contributed by atoms with Crippen LogP contribution in [-0.2, 0) is 14.3 Å². The molecule has 0 bridgehead atoms. The van der Waals surface area contributed by atoms with E-state index in [0.717, 1.165) is 19.3 Å². The van der Waals surface area contributed by atoms with E-state index in [2.05, 4.69) is 5.32 Å². The zero-order chi connectivity index (χ0) is 28.5. The van der Waals surface area contributed by atoms with Gasteiger partial charge in [0.1, 0.15) is 18.5 Å². The molecule has 1 aromatic rings. The van der Waals surface area contributed by atoms with Gasteiger partial charge in [0.25, 0.3) is 0 Å². The third-order valence-corrected chi connectivity index (χ3v) is 7.79. The van der Waals surface area contributed by atoms with Crippen LogP contribution in [0.5, 0.6) is 11.5 Å². The number of carbonyl (C=O) groups is 3. The Balaban J connectivity index is 1.95. The number of benzene rings is 1. The van der Waals surface area contributed by atoms with Crippen molar-refractivity contribution in [2.75, 3.05) is 33.4 Å². The van der Waals surface area contributed by atoms with Crippen LogP contribution in [0.3, 0.4) is 0 Å². The topological polar surface area (TPSA) is 135 Å². The van der Waals surface area contributed by atoms with Gasteiger partial charge in [-0.2, -0.15) is 0 Å². The standard InChI is InChI=1S/C28H39IN2O8/c1-17(2)38-11-5-9-31(28(36)19-6-4-7-19)22-14-20(27(35)30-8-10-32)15-23(25(22)34)39-26-21(29)12-18(16-33)13-24(26)37-3/h12-13,15-17,19,22-23,25,32,34H,4-11,14H2,1-3H3,(H,30,35)/t22-,23+,25+/m1/s1. The molecule has 0 saturated heterocycles. The van der Waals surface area contributed by atoms with Crippen LogP contribution < -0.4 is 14.8 Å². The van der Waals surface area contributed by atoms with Crippen molar-refractivity contribution in [3.8, 4) is 11.5 Å². The van der Waals surface area contributed by atoms with E-state index in [1.165, 1.54) is 13.2 Å². The second-order valence-corrected chi connectivity index (χ2v) is 11.3. The summed E-state index contributed by atoms with van der Waals surface area (Å²) in [5.74, 6) is 0.102. The number of ether oxygens (including phenoxy) is 3. The molecule has 3 atom stereocenters. The molecule has 39 heavy (non-hydrogen) atoms. The van der Waals surface area contributed by atoms with E-state index in [4.69, 9.17) is 14.2 Å². The summed E-state index contributed by atoms with van der Waals surface area (Å²) in [7, 11) is 1.45. The van der Waals surface area contributed by atoms with Crippen molar-refractivity contribution in [1.82, 2.24) is 10.2 Å². The number of rotatable bonds is 14. The van der Waals surface area contributed by atoms with E-state index < -0.39 is 24.2 Å². The number of nitrogens with zero attached hydrogens (tertiary/aromatic N) is 1. The number of aliphatic hydroxyl groups excluding tert-OH is 2. The zero-order valence-corrected chi connectivity index (χ0v) is 24.9. The summed E-state index contributed by atoms with van der Waals surface area (Å²) in [6.45, 7) is 4.59. The number of hydrogen-bond donors (Lipinski definition) is 3. The summed E-state index contributed by atoms with van der Waals surface area (Å²) in [6, 6.07) is 2.47. The Morgan fingerprint density at radius 3 is 2.62 bits per heavy atom. The van der Waals surface area contributed by atoms with Gasteiger partial charge < -0.3 is 34.6 Å². The largest absolute Gasteiger partial charge is 0.493 e. The summed E-state index contributed by atoms with van der Waals surface area (Å²) in [5, 5.41) is 23.5. The maximum absolute atomic E-state index is 13.6. The Hall–Kier alpha value is -2.22. The molecule has 2 amide bonds. The minimum absolute atomic E-state index is 0.0342. The lowest BCUT2D eigenvalue weighted by Crippen LogP contribution is -2.57. The number of hydrogen-bond acceptors (Lipinski definition) is 8. The van der Waals surface area contributed by atoms with Crippen molar-refractivity contribution < 1.29 is 38.8 Å². The lowest BCUT2D eigenvalue weighted by molar-refractivity contribution is -0.145. The Kier molecular flexibility index (Phi) is 12.0. The monoisotopic (exact) mass is 658 g/mol. The van der Waals surface area contributed by atoms with Gasteiger partial charge in [0.15, 0.2) is 11.5 Å². The fraction of sp³-hybridized carbons (Fsp3) is 0.607.